The van der Waals surface area contributed by atoms with Crippen molar-refractivity contribution >= 4 is 34.2 Å². The molecule has 1 nitrogen and oxygen atoms in total. The Morgan fingerprint density at radius 3 is 2.44 bits per heavy atom. The predicted molar refractivity (Wildman–Crippen MR) is 79.2 cm³/mol. The summed E-state index contributed by atoms with van der Waals surface area (Å²) in [6, 6.07) is 12.0. The van der Waals surface area contributed by atoms with E-state index in [4.69, 9.17) is 11.6 Å². The van der Waals surface area contributed by atoms with Crippen LogP contribution in [0, 0.1) is 9.39 Å². The average Bonchev–Trinajstić information content (AvgIpc) is 2.31. The molecule has 0 aliphatic carbocycles. The molecule has 18 heavy (non-hydrogen) atoms. The highest BCUT2D eigenvalue weighted by molar-refractivity contribution is 14.1. The van der Waals surface area contributed by atoms with Crippen LogP contribution < -0.4 is 0 Å². The zero-order valence-corrected chi connectivity index (χ0v) is 12.3. The lowest BCUT2D eigenvalue weighted by Gasteiger charge is -2.12. The van der Waals surface area contributed by atoms with E-state index < -0.39 is 11.9 Å². The van der Waals surface area contributed by atoms with Crippen LogP contribution in [0.15, 0.2) is 42.5 Å². The molecule has 0 saturated heterocycles. The third-order valence-corrected chi connectivity index (χ3v) is 3.55. The molecule has 0 bridgehead atoms. The minimum Gasteiger partial charge on any atom is -0.388 e. The van der Waals surface area contributed by atoms with Gasteiger partial charge in [0.2, 0.25) is 0 Å². The van der Waals surface area contributed by atoms with Crippen molar-refractivity contribution in [3.8, 4) is 0 Å². The third-order valence-electron chi connectivity index (χ3n) is 2.61. The van der Waals surface area contributed by atoms with Gasteiger partial charge in [-0.15, -0.1) is 0 Å². The van der Waals surface area contributed by atoms with E-state index >= 15 is 0 Å². The SMILES string of the molecule is OC(Cc1ccc(I)cc1)c1cc(F)cc(Cl)c1. The standard InChI is InChI=1S/C14H11ClFIO/c15-11-6-10(7-12(16)8-11)14(18)5-9-1-3-13(17)4-2-9/h1-4,6-8,14,18H,5H2. The first-order valence-corrected chi connectivity index (χ1v) is 6.89. The van der Waals surface area contributed by atoms with Crippen molar-refractivity contribution in [2.24, 2.45) is 0 Å². The van der Waals surface area contributed by atoms with Crippen molar-refractivity contribution in [1.29, 1.82) is 0 Å². The molecule has 0 amide bonds. The second-order valence-corrected chi connectivity index (χ2v) is 5.73. The summed E-state index contributed by atoms with van der Waals surface area (Å²) in [5.74, 6) is -0.431. The van der Waals surface area contributed by atoms with Gasteiger partial charge in [-0.3, -0.25) is 0 Å². The molecule has 1 unspecified atom stereocenters. The highest BCUT2D eigenvalue weighted by Crippen LogP contribution is 2.23. The van der Waals surface area contributed by atoms with Crippen molar-refractivity contribution in [2.75, 3.05) is 0 Å². The van der Waals surface area contributed by atoms with Crippen LogP contribution in [0.5, 0.6) is 0 Å². The molecule has 0 aliphatic heterocycles. The quantitative estimate of drug-likeness (QED) is 0.789. The van der Waals surface area contributed by atoms with Crippen LogP contribution in [0.2, 0.25) is 5.02 Å². The van der Waals surface area contributed by atoms with Gasteiger partial charge in [0.05, 0.1) is 6.10 Å². The molecule has 0 heterocycles. The highest BCUT2D eigenvalue weighted by atomic mass is 127. The van der Waals surface area contributed by atoms with Crippen molar-refractivity contribution in [2.45, 2.75) is 12.5 Å². The van der Waals surface area contributed by atoms with Crippen molar-refractivity contribution in [1.82, 2.24) is 0 Å². The summed E-state index contributed by atoms with van der Waals surface area (Å²) < 4.78 is 14.3. The van der Waals surface area contributed by atoms with E-state index in [0.29, 0.717) is 17.0 Å². The molecule has 2 rings (SSSR count). The summed E-state index contributed by atoms with van der Waals surface area (Å²) in [6.07, 6.45) is -0.310. The van der Waals surface area contributed by atoms with Gasteiger partial charge < -0.3 is 5.11 Å². The van der Waals surface area contributed by atoms with E-state index in [1.807, 2.05) is 24.3 Å². The van der Waals surface area contributed by atoms with E-state index in [9.17, 15) is 9.50 Å². The van der Waals surface area contributed by atoms with Gasteiger partial charge in [-0.2, -0.15) is 0 Å². The van der Waals surface area contributed by atoms with Crippen LogP contribution in [0.25, 0.3) is 0 Å². The van der Waals surface area contributed by atoms with Crippen LogP contribution in [0.4, 0.5) is 4.39 Å². The normalized spacial score (nSPS) is 12.4. The lowest BCUT2D eigenvalue weighted by Crippen LogP contribution is -2.02. The lowest BCUT2D eigenvalue weighted by molar-refractivity contribution is 0.178. The molecule has 4 heteroatoms. The molecule has 1 N–H and O–H groups in total. The summed E-state index contributed by atoms with van der Waals surface area (Å²) in [5, 5.41) is 10.4. The van der Waals surface area contributed by atoms with Gasteiger partial charge in [-0.25, -0.2) is 4.39 Å². The molecular weight excluding hydrogens is 366 g/mol. The fourth-order valence-corrected chi connectivity index (χ4v) is 2.32. The molecule has 0 spiro atoms. The Morgan fingerprint density at radius 1 is 1.17 bits per heavy atom. The smallest absolute Gasteiger partial charge is 0.125 e. The van der Waals surface area contributed by atoms with Gasteiger partial charge in [0.1, 0.15) is 5.82 Å². The largest absolute Gasteiger partial charge is 0.388 e. The maximum Gasteiger partial charge on any atom is 0.125 e. The predicted octanol–water partition coefficient (Wildman–Crippen LogP) is 4.36. The Morgan fingerprint density at radius 2 is 1.83 bits per heavy atom. The number of halogens is 3. The third kappa shape index (κ3) is 3.67. The Kier molecular flexibility index (Phi) is 4.59. The molecule has 94 valence electrons. The topological polar surface area (TPSA) is 20.2 Å². The zero-order valence-electron chi connectivity index (χ0n) is 9.41. The first-order valence-electron chi connectivity index (χ1n) is 5.43. The summed E-state index contributed by atoms with van der Waals surface area (Å²) in [6.45, 7) is 0. The molecule has 0 aliphatic rings. The molecule has 2 aromatic rings. The van der Waals surface area contributed by atoms with E-state index in [1.54, 1.807) is 6.07 Å². The van der Waals surface area contributed by atoms with Crippen molar-refractivity contribution < 1.29 is 9.50 Å². The summed E-state index contributed by atoms with van der Waals surface area (Å²) in [5.41, 5.74) is 1.50. The zero-order chi connectivity index (χ0) is 13.1. The van der Waals surface area contributed by atoms with Crippen LogP contribution in [0.3, 0.4) is 0 Å². The van der Waals surface area contributed by atoms with E-state index in [-0.39, 0.29) is 0 Å². The van der Waals surface area contributed by atoms with Crippen LogP contribution in [-0.2, 0) is 6.42 Å². The maximum absolute atomic E-state index is 13.2. The second kappa shape index (κ2) is 5.99. The van der Waals surface area contributed by atoms with Crippen molar-refractivity contribution in [3.63, 3.8) is 0 Å². The second-order valence-electron chi connectivity index (χ2n) is 4.05. The number of hydrogen-bond acceptors (Lipinski definition) is 1. The molecular formula is C14H11ClFIO. The Labute approximate surface area is 124 Å². The minimum atomic E-state index is -0.752. The average molecular weight is 377 g/mol. The van der Waals surface area contributed by atoms with E-state index in [2.05, 4.69) is 22.6 Å². The van der Waals surface area contributed by atoms with Gasteiger partial charge in [0.15, 0.2) is 0 Å². The van der Waals surface area contributed by atoms with E-state index in [1.165, 1.54) is 12.1 Å². The number of rotatable bonds is 3. The first kappa shape index (κ1) is 13.8. The minimum absolute atomic E-state index is 0.298. The van der Waals surface area contributed by atoms with Gasteiger partial charge in [0, 0.05) is 15.0 Å². The fourth-order valence-electron chi connectivity index (χ4n) is 1.73. The Bertz CT molecular complexity index is 522. The van der Waals surface area contributed by atoms with Gasteiger partial charge >= 0.3 is 0 Å². The number of aliphatic hydroxyl groups excluding tert-OH is 1. The monoisotopic (exact) mass is 376 g/mol. The fraction of sp³-hybridized carbons (Fsp3) is 0.143. The number of aliphatic hydroxyl groups is 1. The van der Waals surface area contributed by atoms with E-state index in [0.717, 1.165) is 9.13 Å². The molecule has 0 fully saturated rings. The van der Waals surface area contributed by atoms with Gasteiger partial charge in [-0.1, -0.05) is 23.7 Å². The maximum atomic E-state index is 13.2. The molecule has 2 aromatic carbocycles. The Hall–Kier alpha value is -0.650. The number of benzene rings is 2. The van der Waals surface area contributed by atoms with Gasteiger partial charge in [-0.05, 0) is 64.0 Å². The highest BCUT2D eigenvalue weighted by Gasteiger charge is 2.10. The van der Waals surface area contributed by atoms with Crippen LogP contribution in [0.1, 0.15) is 17.2 Å². The van der Waals surface area contributed by atoms with Crippen LogP contribution in [-0.4, -0.2) is 5.11 Å². The number of hydrogen-bond donors (Lipinski definition) is 1. The summed E-state index contributed by atoms with van der Waals surface area (Å²) in [4.78, 5) is 0. The van der Waals surface area contributed by atoms with Crippen molar-refractivity contribution in [3.05, 3.63) is 68.0 Å². The molecule has 0 radical (unpaired) electrons. The molecule has 1 atom stereocenters. The van der Waals surface area contributed by atoms with Crippen LogP contribution >= 0.6 is 34.2 Å². The molecule has 0 saturated carbocycles. The lowest BCUT2D eigenvalue weighted by atomic mass is 10.0. The summed E-state index contributed by atoms with van der Waals surface area (Å²) >= 11 is 7.99. The first-order chi connectivity index (χ1) is 8.54. The Balaban J connectivity index is 2.16. The molecule has 0 aromatic heterocycles. The summed E-state index contributed by atoms with van der Waals surface area (Å²) in [7, 11) is 0. The van der Waals surface area contributed by atoms with Gasteiger partial charge in [0.25, 0.3) is 0 Å².